The van der Waals surface area contributed by atoms with Crippen LogP contribution in [0.5, 0.6) is 0 Å². The SMILES string of the molecule is CC(CCl)CNCc1cccs1. The average molecular weight is 204 g/mol. The van der Waals surface area contributed by atoms with Gasteiger partial charge in [-0.3, -0.25) is 0 Å². The van der Waals surface area contributed by atoms with Gasteiger partial charge in [0, 0.05) is 17.3 Å². The van der Waals surface area contributed by atoms with Crippen molar-refractivity contribution < 1.29 is 0 Å². The number of halogens is 1. The molecule has 1 heterocycles. The maximum absolute atomic E-state index is 5.68. The topological polar surface area (TPSA) is 12.0 Å². The molecule has 68 valence electrons. The molecule has 3 heteroatoms. The van der Waals surface area contributed by atoms with Crippen LogP contribution in [0.1, 0.15) is 11.8 Å². The summed E-state index contributed by atoms with van der Waals surface area (Å²) < 4.78 is 0. The summed E-state index contributed by atoms with van der Waals surface area (Å²) in [5.74, 6) is 1.30. The van der Waals surface area contributed by atoms with Crippen molar-refractivity contribution in [3.8, 4) is 0 Å². The van der Waals surface area contributed by atoms with Gasteiger partial charge in [0.05, 0.1) is 0 Å². The summed E-state index contributed by atoms with van der Waals surface area (Å²) in [4.78, 5) is 1.39. The van der Waals surface area contributed by atoms with E-state index in [4.69, 9.17) is 11.6 Å². The molecule has 0 bridgehead atoms. The minimum absolute atomic E-state index is 0.562. The minimum atomic E-state index is 0.562. The summed E-state index contributed by atoms with van der Waals surface area (Å²) in [6, 6.07) is 4.22. The van der Waals surface area contributed by atoms with Crippen LogP contribution in [0.25, 0.3) is 0 Å². The molecule has 0 aliphatic carbocycles. The molecular formula is C9H14ClNS. The lowest BCUT2D eigenvalue weighted by Crippen LogP contribution is -2.20. The van der Waals surface area contributed by atoms with Crippen LogP contribution in [0, 0.1) is 5.92 Å². The van der Waals surface area contributed by atoms with Crippen molar-refractivity contribution in [3.63, 3.8) is 0 Å². The van der Waals surface area contributed by atoms with E-state index < -0.39 is 0 Å². The lowest BCUT2D eigenvalue weighted by Gasteiger charge is -2.07. The van der Waals surface area contributed by atoms with E-state index in [0.717, 1.165) is 19.0 Å². The predicted octanol–water partition coefficient (Wildman–Crippen LogP) is 2.71. The largest absolute Gasteiger partial charge is 0.312 e. The van der Waals surface area contributed by atoms with E-state index in [1.165, 1.54) is 4.88 Å². The fraction of sp³-hybridized carbons (Fsp3) is 0.556. The molecule has 0 fully saturated rings. The second-order valence-electron chi connectivity index (χ2n) is 2.97. The van der Waals surface area contributed by atoms with E-state index in [1.54, 1.807) is 11.3 Å². The Morgan fingerprint density at radius 1 is 1.67 bits per heavy atom. The third-order valence-electron chi connectivity index (χ3n) is 1.64. The lowest BCUT2D eigenvalue weighted by atomic mass is 10.2. The first-order valence-corrected chi connectivity index (χ1v) is 5.53. The van der Waals surface area contributed by atoms with Gasteiger partial charge in [0.25, 0.3) is 0 Å². The molecule has 0 aliphatic heterocycles. The van der Waals surface area contributed by atoms with Crippen LogP contribution in [-0.4, -0.2) is 12.4 Å². The third kappa shape index (κ3) is 3.57. The van der Waals surface area contributed by atoms with Crippen molar-refractivity contribution in [1.29, 1.82) is 0 Å². The standard InChI is InChI=1S/C9H14ClNS/c1-8(5-10)6-11-7-9-3-2-4-12-9/h2-4,8,11H,5-7H2,1H3. The molecular weight excluding hydrogens is 190 g/mol. The zero-order valence-corrected chi connectivity index (χ0v) is 8.79. The van der Waals surface area contributed by atoms with E-state index in [9.17, 15) is 0 Å². The van der Waals surface area contributed by atoms with E-state index >= 15 is 0 Å². The zero-order chi connectivity index (χ0) is 8.81. The molecule has 12 heavy (non-hydrogen) atoms. The number of thiophene rings is 1. The van der Waals surface area contributed by atoms with Crippen molar-refractivity contribution in [2.75, 3.05) is 12.4 Å². The molecule has 0 saturated carbocycles. The monoisotopic (exact) mass is 203 g/mol. The van der Waals surface area contributed by atoms with Gasteiger partial charge in [0.1, 0.15) is 0 Å². The van der Waals surface area contributed by atoms with Crippen LogP contribution < -0.4 is 5.32 Å². The molecule has 0 aromatic carbocycles. The molecule has 0 amide bonds. The van der Waals surface area contributed by atoms with Crippen LogP contribution in [0.3, 0.4) is 0 Å². The highest BCUT2D eigenvalue weighted by atomic mass is 35.5. The number of alkyl halides is 1. The van der Waals surface area contributed by atoms with Crippen LogP contribution in [-0.2, 0) is 6.54 Å². The quantitative estimate of drug-likeness (QED) is 0.726. The Bertz CT molecular complexity index is 198. The Kier molecular flexibility index (Phi) is 4.66. The van der Waals surface area contributed by atoms with Gasteiger partial charge in [0.2, 0.25) is 0 Å². The maximum Gasteiger partial charge on any atom is 0.0299 e. The first-order valence-electron chi connectivity index (χ1n) is 4.12. The van der Waals surface area contributed by atoms with Crippen LogP contribution in [0.2, 0.25) is 0 Å². The van der Waals surface area contributed by atoms with Gasteiger partial charge in [-0.15, -0.1) is 22.9 Å². The van der Waals surface area contributed by atoms with Crippen molar-refractivity contribution in [2.45, 2.75) is 13.5 Å². The smallest absolute Gasteiger partial charge is 0.0299 e. The molecule has 1 aromatic rings. The summed E-state index contributed by atoms with van der Waals surface area (Å²) >= 11 is 7.46. The number of rotatable bonds is 5. The molecule has 1 unspecified atom stereocenters. The van der Waals surface area contributed by atoms with Crippen molar-refractivity contribution in [3.05, 3.63) is 22.4 Å². The van der Waals surface area contributed by atoms with Crippen LogP contribution in [0.15, 0.2) is 17.5 Å². The van der Waals surface area contributed by atoms with Gasteiger partial charge in [-0.1, -0.05) is 13.0 Å². The second-order valence-corrected chi connectivity index (χ2v) is 4.31. The Morgan fingerprint density at radius 3 is 3.08 bits per heavy atom. The third-order valence-corrected chi connectivity index (χ3v) is 3.04. The summed E-state index contributed by atoms with van der Waals surface area (Å²) in [7, 11) is 0. The van der Waals surface area contributed by atoms with Gasteiger partial charge in [-0.05, 0) is 23.9 Å². The van der Waals surface area contributed by atoms with Gasteiger partial charge < -0.3 is 5.32 Å². The highest BCUT2D eigenvalue weighted by Crippen LogP contribution is 2.07. The highest BCUT2D eigenvalue weighted by molar-refractivity contribution is 7.09. The molecule has 1 aromatic heterocycles. The predicted molar refractivity (Wildman–Crippen MR) is 55.9 cm³/mol. The summed E-state index contributed by atoms with van der Waals surface area (Å²) in [5, 5.41) is 5.46. The number of hydrogen-bond acceptors (Lipinski definition) is 2. The normalized spacial score (nSPS) is 13.2. The summed E-state index contributed by atoms with van der Waals surface area (Å²) in [6.45, 7) is 4.12. The van der Waals surface area contributed by atoms with Gasteiger partial charge >= 0.3 is 0 Å². The average Bonchev–Trinajstić information content (AvgIpc) is 2.57. The molecule has 0 aliphatic rings. The van der Waals surface area contributed by atoms with Gasteiger partial charge in [0.15, 0.2) is 0 Å². The van der Waals surface area contributed by atoms with E-state index in [0.29, 0.717) is 5.92 Å². The first kappa shape index (κ1) is 10.0. The summed E-state index contributed by atoms with van der Waals surface area (Å²) in [6.07, 6.45) is 0. The molecule has 1 N–H and O–H groups in total. The van der Waals surface area contributed by atoms with Crippen molar-refractivity contribution in [1.82, 2.24) is 5.32 Å². The molecule has 1 nitrogen and oxygen atoms in total. The lowest BCUT2D eigenvalue weighted by molar-refractivity contribution is 0.559. The fourth-order valence-electron chi connectivity index (χ4n) is 0.909. The minimum Gasteiger partial charge on any atom is -0.312 e. The van der Waals surface area contributed by atoms with Crippen LogP contribution in [0.4, 0.5) is 0 Å². The Hall–Kier alpha value is -0.0500. The second kappa shape index (κ2) is 5.57. The van der Waals surface area contributed by atoms with Crippen LogP contribution >= 0.6 is 22.9 Å². The Balaban J connectivity index is 2.11. The molecule has 0 radical (unpaired) electrons. The van der Waals surface area contributed by atoms with E-state index in [1.807, 2.05) is 0 Å². The van der Waals surface area contributed by atoms with Crippen molar-refractivity contribution >= 4 is 22.9 Å². The summed E-state index contributed by atoms with van der Waals surface area (Å²) in [5.41, 5.74) is 0. The molecule has 0 spiro atoms. The maximum atomic E-state index is 5.68. The van der Waals surface area contributed by atoms with Gasteiger partial charge in [-0.25, -0.2) is 0 Å². The first-order chi connectivity index (χ1) is 5.83. The molecule has 0 saturated heterocycles. The highest BCUT2D eigenvalue weighted by Gasteiger charge is 1.98. The number of hydrogen-bond donors (Lipinski definition) is 1. The van der Waals surface area contributed by atoms with E-state index in [2.05, 4.69) is 29.8 Å². The Morgan fingerprint density at radius 2 is 2.50 bits per heavy atom. The fourth-order valence-corrected chi connectivity index (χ4v) is 1.69. The van der Waals surface area contributed by atoms with Crippen molar-refractivity contribution in [2.24, 2.45) is 5.92 Å². The molecule has 1 rings (SSSR count). The zero-order valence-electron chi connectivity index (χ0n) is 7.22. The van der Waals surface area contributed by atoms with Gasteiger partial charge in [-0.2, -0.15) is 0 Å². The number of nitrogens with one attached hydrogen (secondary N) is 1. The Labute approximate surface area is 82.7 Å². The van der Waals surface area contributed by atoms with E-state index in [-0.39, 0.29) is 0 Å². The molecule has 1 atom stereocenters.